The summed E-state index contributed by atoms with van der Waals surface area (Å²) in [4.78, 5) is 18.1. The molecule has 0 saturated heterocycles. The zero-order chi connectivity index (χ0) is 18.7. The second-order valence-electron chi connectivity index (χ2n) is 5.27. The van der Waals surface area contributed by atoms with Crippen molar-refractivity contribution in [2.45, 2.75) is 0 Å². The minimum atomic E-state index is -1.14. The second kappa shape index (κ2) is 7.48. The number of aromatic nitrogens is 2. The predicted octanol–water partition coefficient (Wildman–Crippen LogP) is 4.40. The third-order valence-corrected chi connectivity index (χ3v) is 4.00. The number of halogens is 2. The minimum Gasteiger partial charge on any atom is -0.479 e. The first-order valence-electron chi connectivity index (χ1n) is 7.38. The number of carboxylic acid groups (broad SMARTS) is 1. The van der Waals surface area contributed by atoms with Gasteiger partial charge in [0.25, 0.3) is 0 Å². The molecule has 0 unspecified atom stereocenters. The maximum atomic E-state index is 10.6. The van der Waals surface area contributed by atoms with Crippen LogP contribution in [0.3, 0.4) is 0 Å². The van der Waals surface area contributed by atoms with Crippen molar-refractivity contribution in [2.24, 2.45) is 0 Å². The van der Waals surface area contributed by atoms with E-state index in [-0.39, 0.29) is 15.8 Å². The molecule has 2 aromatic carbocycles. The monoisotopic (exact) mass is 387 g/mol. The highest BCUT2D eigenvalue weighted by Gasteiger charge is 2.13. The zero-order valence-electron chi connectivity index (χ0n) is 13.2. The maximum Gasteiger partial charge on any atom is 0.341 e. The highest BCUT2D eigenvalue weighted by atomic mass is 35.5. The van der Waals surface area contributed by atoms with E-state index in [2.05, 4.69) is 16.0 Å². The third kappa shape index (κ3) is 3.80. The predicted molar refractivity (Wildman–Crippen MR) is 99.2 cm³/mol. The van der Waals surface area contributed by atoms with Crippen molar-refractivity contribution in [2.75, 3.05) is 6.61 Å². The highest BCUT2D eigenvalue weighted by Crippen LogP contribution is 2.35. The van der Waals surface area contributed by atoms with E-state index < -0.39 is 12.6 Å². The number of nitriles is 1. The van der Waals surface area contributed by atoms with Gasteiger partial charge in [0.15, 0.2) is 12.4 Å². The summed E-state index contributed by atoms with van der Waals surface area (Å²) in [6.07, 6.45) is 1.58. The number of carbonyl (C=O) groups is 1. The van der Waals surface area contributed by atoms with Crippen LogP contribution in [0.15, 0.2) is 36.4 Å². The van der Waals surface area contributed by atoms with Gasteiger partial charge in [-0.1, -0.05) is 35.3 Å². The van der Waals surface area contributed by atoms with E-state index in [0.717, 1.165) is 11.0 Å². The summed E-state index contributed by atoms with van der Waals surface area (Å²) in [5, 5.41) is 18.4. The van der Waals surface area contributed by atoms with Crippen LogP contribution >= 0.6 is 23.2 Å². The molecule has 26 heavy (non-hydrogen) atoms. The molecule has 0 spiro atoms. The van der Waals surface area contributed by atoms with Crippen LogP contribution in [0.1, 0.15) is 11.4 Å². The van der Waals surface area contributed by atoms with E-state index in [0.29, 0.717) is 17.0 Å². The summed E-state index contributed by atoms with van der Waals surface area (Å²) in [5.41, 5.74) is 2.42. The fraction of sp³-hybridized carbons (Fsp3) is 0.0556. The smallest absolute Gasteiger partial charge is 0.341 e. The molecule has 0 amide bonds. The van der Waals surface area contributed by atoms with E-state index in [9.17, 15) is 10.1 Å². The lowest BCUT2D eigenvalue weighted by atomic mass is 10.1. The summed E-state index contributed by atoms with van der Waals surface area (Å²) in [6.45, 7) is -0.558. The van der Waals surface area contributed by atoms with Crippen molar-refractivity contribution in [3.05, 3.63) is 57.8 Å². The van der Waals surface area contributed by atoms with Gasteiger partial charge < -0.3 is 14.8 Å². The summed E-state index contributed by atoms with van der Waals surface area (Å²) < 4.78 is 5.07. The molecule has 0 aliphatic heterocycles. The molecule has 1 aromatic heterocycles. The van der Waals surface area contributed by atoms with Gasteiger partial charge in [0.1, 0.15) is 11.9 Å². The quantitative estimate of drug-likeness (QED) is 0.632. The van der Waals surface area contributed by atoms with Crippen molar-refractivity contribution in [3.63, 3.8) is 0 Å². The van der Waals surface area contributed by atoms with Gasteiger partial charge in [-0.25, -0.2) is 9.78 Å². The summed E-state index contributed by atoms with van der Waals surface area (Å²) in [7, 11) is 0. The third-order valence-electron chi connectivity index (χ3n) is 3.44. The van der Waals surface area contributed by atoms with Crippen LogP contribution in [0.25, 0.3) is 22.7 Å². The Bertz CT molecular complexity index is 1010. The topological polar surface area (TPSA) is 99.0 Å². The Balaban J connectivity index is 1.96. The normalized spacial score (nSPS) is 11.3. The molecule has 3 rings (SSSR count). The standard InChI is InChI=1S/C18H11Cl2N3O3/c19-12-6-10(7-13(20)17(12)26-9-16(24)25)5-11(8-21)18-22-14-3-1-2-4-15(14)23-18/h1-7H,9H2,(H,22,23)(H,24,25)/b11-5+. The fourth-order valence-electron chi connectivity index (χ4n) is 2.34. The number of aromatic amines is 1. The average Bonchev–Trinajstić information content (AvgIpc) is 3.02. The van der Waals surface area contributed by atoms with Crippen LogP contribution < -0.4 is 4.74 Å². The number of nitrogens with zero attached hydrogens (tertiary/aromatic N) is 2. The second-order valence-corrected chi connectivity index (χ2v) is 6.08. The van der Waals surface area contributed by atoms with Crippen LogP contribution in [0, 0.1) is 11.3 Å². The van der Waals surface area contributed by atoms with Gasteiger partial charge in [0.2, 0.25) is 0 Å². The van der Waals surface area contributed by atoms with Crippen molar-refractivity contribution in [3.8, 4) is 11.8 Å². The van der Waals surface area contributed by atoms with E-state index in [1.54, 1.807) is 6.08 Å². The van der Waals surface area contributed by atoms with Gasteiger partial charge in [-0.05, 0) is 35.9 Å². The number of nitrogens with one attached hydrogen (secondary N) is 1. The molecular formula is C18H11Cl2N3O3. The number of allylic oxidation sites excluding steroid dienone is 1. The zero-order valence-corrected chi connectivity index (χ0v) is 14.7. The first-order valence-corrected chi connectivity index (χ1v) is 8.14. The van der Waals surface area contributed by atoms with Crippen LogP contribution in [-0.4, -0.2) is 27.7 Å². The fourth-order valence-corrected chi connectivity index (χ4v) is 2.95. The van der Waals surface area contributed by atoms with Crippen LogP contribution in [0.5, 0.6) is 5.75 Å². The van der Waals surface area contributed by atoms with Gasteiger partial charge in [-0.3, -0.25) is 0 Å². The Morgan fingerprint density at radius 2 is 2.00 bits per heavy atom. The summed E-state index contributed by atoms with van der Waals surface area (Å²) in [6, 6.07) is 12.6. The molecule has 8 heteroatoms. The first-order chi connectivity index (χ1) is 12.5. The van der Waals surface area contributed by atoms with E-state index in [4.69, 9.17) is 33.0 Å². The van der Waals surface area contributed by atoms with Crippen molar-refractivity contribution >= 4 is 51.9 Å². The number of para-hydroxylation sites is 2. The van der Waals surface area contributed by atoms with Crippen molar-refractivity contribution in [1.29, 1.82) is 5.26 Å². The number of aliphatic carboxylic acids is 1. The van der Waals surface area contributed by atoms with Crippen LogP contribution in [0.2, 0.25) is 10.0 Å². The number of benzene rings is 2. The Morgan fingerprint density at radius 1 is 1.31 bits per heavy atom. The Labute approximate surface area is 158 Å². The van der Waals surface area contributed by atoms with E-state index in [1.165, 1.54) is 12.1 Å². The lowest BCUT2D eigenvalue weighted by Crippen LogP contribution is -2.10. The molecule has 0 saturated carbocycles. The molecular weight excluding hydrogens is 377 g/mol. The number of imidazole rings is 1. The Hall–Kier alpha value is -3.01. The van der Waals surface area contributed by atoms with Gasteiger partial charge in [0, 0.05) is 0 Å². The molecule has 0 aliphatic rings. The van der Waals surface area contributed by atoms with E-state index in [1.807, 2.05) is 24.3 Å². The summed E-state index contributed by atoms with van der Waals surface area (Å²) in [5.74, 6) is -0.639. The van der Waals surface area contributed by atoms with Gasteiger partial charge in [-0.2, -0.15) is 5.26 Å². The number of hydrogen-bond donors (Lipinski definition) is 2. The number of rotatable bonds is 5. The Kier molecular flexibility index (Phi) is 5.12. The summed E-state index contributed by atoms with van der Waals surface area (Å²) >= 11 is 12.2. The highest BCUT2D eigenvalue weighted by molar-refractivity contribution is 6.37. The lowest BCUT2D eigenvalue weighted by molar-refractivity contribution is -0.139. The van der Waals surface area contributed by atoms with Gasteiger partial charge >= 0.3 is 5.97 Å². The van der Waals surface area contributed by atoms with Crippen LogP contribution in [0.4, 0.5) is 0 Å². The molecule has 0 radical (unpaired) electrons. The van der Waals surface area contributed by atoms with Crippen molar-refractivity contribution in [1.82, 2.24) is 9.97 Å². The molecule has 0 atom stereocenters. The average molecular weight is 388 g/mol. The first kappa shape index (κ1) is 17.8. The molecule has 0 bridgehead atoms. The molecule has 1 heterocycles. The maximum absolute atomic E-state index is 10.6. The van der Waals surface area contributed by atoms with Gasteiger partial charge in [-0.15, -0.1) is 0 Å². The molecule has 6 nitrogen and oxygen atoms in total. The number of carboxylic acids is 1. The lowest BCUT2D eigenvalue weighted by Gasteiger charge is -2.09. The molecule has 130 valence electrons. The van der Waals surface area contributed by atoms with Crippen LogP contribution in [-0.2, 0) is 4.79 Å². The number of fused-ring (bicyclic) bond motifs is 1. The van der Waals surface area contributed by atoms with Crippen molar-refractivity contribution < 1.29 is 14.6 Å². The molecule has 2 N–H and O–H groups in total. The molecule has 0 fully saturated rings. The van der Waals surface area contributed by atoms with Gasteiger partial charge in [0.05, 0.1) is 26.7 Å². The SMILES string of the molecule is N#C/C(=C\c1cc(Cl)c(OCC(=O)O)c(Cl)c1)c1nc2ccccc2[nH]1. The number of hydrogen-bond acceptors (Lipinski definition) is 4. The minimum absolute atomic E-state index is 0.0788. The number of H-pyrrole nitrogens is 1. The Morgan fingerprint density at radius 3 is 2.62 bits per heavy atom. The molecule has 0 aliphatic carbocycles. The molecule has 3 aromatic rings. The number of ether oxygens (including phenoxy) is 1. The van der Waals surface area contributed by atoms with E-state index >= 15 is 0 Å². The largest absolute Gasteiger partial charge is 0.479 e.